The molecule has 1 heterocycles. The molecule has 134 valence electrons. The van der Waals surface area contributed by atoms with E-state index in [0.29, 0.717) is 21.9 Å². The van der Waals surface area contributed by atoms with E-state index in [1.54, 1.807) is 25.1 Å². The maximum atomic E-state index is 14.4. The molecule has 1 aliphatic heterocycles. The Kier molecular flexibility index (Phi) is 5.04. The Bertz CT molecular complexity index is 923. The highest BCUT2D eigenvalue weighted by Gasteiger charge is 2.31. The minimum absolute atomic E-state index is 0.299. The van der Waals surface area contributed by atoms with E-state index in [9.17, 15) is 9.18 Å². The number of thiocarbonyl (C=S) groups is 1. The summed E-state index contributed by atoms with van der Waals surface area (Å²) in [4.78, 5) is 13.0. The van der Waals surface area contributed by atoms with Gasteiger partial charge in [0.15, 0.2) is 5.11 Å². The van der Waals surface area contributed by atoms with E-state index in [4.69, 9.17) is 12.2 Å². The van der Waals surface area contributed by atoms with Crippen molar-refractivity contribution in [3.8, 4) is 0 Å². The Balaban J connectivity index is 2.00. The SMILES string of the molecule is CC1=C(C(=O)Nc2cccc(C)c2C)[C@@H](c2ccccc2F)NC(=S)N1. The maximum absolute atomic E-state index is 14.4. The van der Waals surface area contributed by atoms with Gasteiger partial charge in [0.2, 0.25) is 0 Å². The van der Waals surface area contributed by atoms with Crippen LogP contribution >= 0.6 is 12.2 Å². The second-order valence-corrected chi connectivity index (χ2v) is 6.70. The molecule has 26 heavy (non-hydrogen) atoms. The predicted octanol–water partition coefficient (Wildman–Crippen LogP) is 3.87. The lowest BCUT2D eigenvalue weighted by Gasteiger charge is -2.30. The molecule has 0 aliphatic carbocycles. The first-order valence-electron chi connectivity index (χ1n) is 8.28. The molecular weight excluding hydrogens is 349 g/mol. The van der Waals surface area contributed by atoms with Crippen LogP contribution in [0.3, 0.4) is 0 Å². The number of aryl methyl sites for hydroxylation is 1. The van der Waals surface area contributed by atoms with Crippen LogP contribution in [0, 0.1) is 19.7 Å². The third-order valence-corrected chi connectivity index (χ3v) is 4.80. The summed E-state index contributed by atoms with van der Waals surface area (Å²) in [7, 11) is 0. The summed E-state index contributed by atoms with van der Waals surface area (Å²) in [6.07, 6.45) is 0. The average Bonchev–Trinajstić information content (AvgIpc) is 2.58. The Morgan fingerprint density at radius 3 is 2.58 bits per heavy atom. The number of carbonyl (C=O) groups excluding carboxylic acids is 1. The van der Waals surface area contributed by atoms with Crippen molar-refractivity contribution in [1.82, 2.24) is 10.6 Å². The lowest BCUT2D eigenvalue weighted by Crippen LogP contribution is -2.46. The highest BCUT2D eigenvalue weighted by molar-refractivity contribution is 7.80. The molecule has 0 saturated carbocycles. The Hall–Kier alpha value is -2.73. The van der Waals surface area contributed by atoms with Crippen molar-refractivity contribution in [2.45, 2.75) is 26.8 Å². The Morgan fingerprint density at radius 1 is 1.12 bits per heavy atom. The van der Waals surface area contributed by atoms with Crippen LogP contribution in [0.15, 0.2) is 53.7 Å². The second kappa shape index (κ2) is 7.25. The first kappa shape index (κ1) is 18.1. The van der Waals surface area contributed by atoms with Crippen molar-refractivity contribution >= 4 is 28.9 Å². The van der Waals surface area contributed by atoms with Gasteiger partial charge >= 0.3 is 0 Å². The molecule has 2 aromatic rings. The van der Waals surface area contributed by atoms with Crippen LogP contribution in [0.25, 0.3) is 0 Å². The van der Waals surface area contributed by atoms with Gasteiger partial charge in [-0.2, -0.15) is 0 Å². The van der Waals surface area contributed by atoms with Gasteiger partial charge in [0, 0.05) is 16.9 Å². The molecular formula is C20H20FN3OS. The summed E-state index contributed by atoms with van der Waals surface area (Å²) >= 11 is 5.20. The number of nitrogens with one attached hydrogen (secondary N) is 3. The summed E-state index contributed by atoms with van der Waals surface area (Å²) in [6.45, 7) is 5.70. The molecule has 1 atom stereocenters. The van der Waals surface area contributed by atoms with Crippen molar-refractivity contribution in [3.05, 3.63) is 76.2 Å². The van der Waals surface area contributed by atoms with E-state index in [-0.39, 0.29) is 11.7 Å². The van der Waals surface area contributed by atoms with Crippen molar-refractivity contribution in [2.75, 3.05) is 5.32 Å². The van der Waals surface area contributed by atoms with E-state index in [1.165, 1.54) is 6.07 Å². The summed E-state index contributed by atoms with van der Waals surface area (Å²) in [6, 6.07) is 11.4. The fourth-order valence-corrected chi connectivity index (χ4v) is 3.28. The van der Waals surface area contributed by atoms with E-state index >= 15 is 0 Å². The third-order valence-electron chi connectivity index (χ3n) is 4.58. The smallest absolute Gasteiger partial charge is 0.255 e. The third kappa shape index (κ3) is 3.46. The highest BCUT2D eigenvalue weighted by Crippen LogP contribution is 2.30. The van der Waals surface area contributed by atoms with E-state index in [2.05, 4.69) is 16.0 Å². The number of amides is 1. The average molecular weight is 369 g/mol. The van der Waals surface area contributed by atoms with Crippen molar-refractivity contribution in [3.63, 3.8) is 0 Å². The standard InChI is InChI=1S/C20H20FN3OS/c1-11-7-6-10-16(12(11)2)23-19(25)17-13(3)22-20(26)24-18(17)14-8-4-5-9-15(14)21/h4-10,18H,1-3H3,(H,23,25)(H2,22,24,26)/t18-/m1/s1. The number of carbonyl (C=O) groups is 1. The maximum Gasteiger partial charge on any atom is 0.255 e. The lowest BCUT2D eigenvalue weighted by molar-refractivity contribution is -0.113. The fraction of sp³-hybridized carbons (Fsp3) is 0.200. The van der Waals surface area contributed by atoms with Gasteiger partial charge in [-0.3, -0.25) is 4.79 Å². The number of halogens is 1. The number of anilines is 1. The molecule has 0 radical (unpaired) electrons. The molecule has 0 fully saturated rings. The molecule has 0 unspecified atom stereocenters. The number of rotatable bonds is 3. The number of benzene rings is 2. The Morgan fingerprint density at radius 2 is 1.85 bits per heavy atom. The van der Waals surface area contributed by atoms with Gasteiger partial charge in [-0.15, -0.1) is 0 Å². The summed E-state index contributed by atoms with van der Waals surface area (Å²) in [5.74, 6) is -0.688. The van der Waals surface area contributed by atoms with E-state index < -0.39 is 6.04 Å². The van der Waals surface area contributed by atoms with Gasteiger partial charge in [0.1, 0.15) is 5.82 Å². The minimum atomic E-state index is -0.657. The Labute approximate surface area is 157 Å². The molecule has 4 nitrogen and oxygen atoms in total. The van der Waals surface area contributed by atoms with Gasteiger partial charge < -0.3 is 16.0 Å². The van der Waals surface area contributed by atoms with Crippen LogP contribution in [0.2, 0.25) is 0 Å². The van der Waals surface area contributed by atoms with Crippen LogP contribution in [0.4, 0.5) is 10.1 Å². The van der Waals surface area contributed by atoms with Gasteiger partial charge in [-0.1, -0.05) is 30.3 Å². The van der Waals surface area contributed by atoms with E-state index in [1.807, 2.05) is 32.0 Å². The van der Waals surface area contributed by atoms with Crippen molar-refractivity contribution in [2.24, 2.45) is 0 Å². The summed E-state index contributed by atoms with van der Waals surface area (Å²) in [5.41, 5.74) is 4.20. The molecule has 0 bridgehead atoms. The molecule has 0 saturated heterocycles. The zero-order valence-electron chi connectivity index (χ0n) is 14.8. The van der Waals surface area contributed by atoms with Crippen molar-refractivity contribution in [1.29, 1.82) is 0 Å². The van der Waals surface area contributed by atoms with E-state index in [0.717, 1.165) is 16.8 Å². The first-order chi connectivity index (χ1) is 12.4. The molecule has 1 amide bonds. The van der Waals surface area contributed by atoms with Gasteiger partial charge in [-0.05, 0) is 56.2 Å². The molecule has 2 aromatic carbocycles. The van der Waals surface area contributed by atoms with Crippen LogP contribution < -0.4 is 16.0 Å². The van der Waals surface area contributed by atoms with Crippen LogP contribution in [-0.2, 0) is 4.79 Å². The zero-order valence-corrected chi connectivity index (χ0v) is 15.6. The highest BCUT2D eigenvalue weighted by atomic mass is 32.1. The van der Waals surface area contributed by atoms with Crippen LogP contribution in [0.1, 0.15) is 29.7 Å². The molecule has 0 aromatic heterocycles. The predicted molar refractivity (Wildman–Crippen MR) is 105 cm³/mol. The van der Waals surface area contributed by atoms with Gasteiger partial charge in [0.05, 0.1) is 11.6 Å². The molecule has 0 spiro atoms. The van der Waals surface area contributed by atoms with Crippen LogP contribution in [-0.4, -0.2) is 11.0 Å². The quantitative estimate of drug-likeness (QED) is 0.719. The minimum Gasteiger partial charge on any atom is -0.351 e. The second-order valence-electron chi connectivity index (χ2n) is 6.29. The number of hydrogen-bond acceptors (Lipinski definition) is 2. The number of hydrogen-bond donors (Lipinski definition) is 3. The van der Waals surface area contributed by atoms with Gasteiger partial charge in [-0.25, -0.2) is 4.39 Å². The van der Waals surface area contributed by atoms with Gasteiger partial charge in [0.25, 0.3) is 5.91 Å². The van der Waals surface area contributed by atoms with Crippen molar-refractivity contribution < 1.29 is 9.18 Å². The first-order valence-corrected chi connectivity index (χ1v) is 8.69. The number of allylic oxidation sites excluding steroid dienone is 1. The zero-order chi connectivity index (χ0) is 18.8. The summed E-state index contributed by atoms with van der Waals surface area (Å²) in [5, 5.41) is 9.27. The molecule has 3 N–H and O–H groups in total. The largest absolute Gasteiger partial charge is 0.351 e. The lowest BCUT2D eigenvalue weighted by atomic mass is 9.94. The normalized spacial score (nSPS) is 16.8. The summed E-state index contributed by atoms with van der Waals surface area (Å²) < 4.78 is 14.4. The van der Waals surface area contributed by atoms with Crippen LogP contribution in [0.5, 0.6) is 0 Å². The monoisotopic (exact) mass is 369 g/mol. The molecule has 1 aliphatic rings. The topological polar surface area (TPSA) is 53.2 Å². The molecule has 3 rings (SSSR count). The molecule has 6 heteroatoms. The fourth-order valence-electron chi connectivity index (χ4n) is 3.01.